The third-order valence-corrected chi connectivity index (χ3v) is 14.6. The minimum absolute atomic E-state index is 0.00553. The van der Waals surface area contributed by atoms with Crippen LogP contribution in [0.4, 0.5) is 0 Å². The third-order valence-electron chi connectivity index (χ3n) is 14.6. The second-order valence-electron chi connectivity index (χ2n) is 17.5. The van der Waals surface area contributed by atoms with Crippen LogP contribution in [0.15, 0.2) is 78.9 Å². The molecule has 0 atom stereocenters. The number of aromatic nitrogens is 1. The second-order valence-corrected chi connectivity index (χ2v) is 17.5. The molecule has 0 saturated heterocycles. The van der Waals surface area contributed by atoms with Crippen molar-refractivity contribution < 1.29 is 9.59 Å². The number of fused-ring (bicyclic) bond motifs is 12. The summed E-state index contributed by atoms with van der Waals surface area (Å²) >= 11 is 0. The number of nitrogens with zero attached hydrogens (tertiary/aromatic N) is 1. The molecule has 0 radical (unpaired) electrons. The van der Waals surface area contributed by atoms with Crippen molar-refractivity contribution in [2.24, 2.45) is 10.8 Å². The quantitative estimate of drug-likeness (QED) is 0.179. The summed E-state index contributed by atoms with van der Waals surface area (Å²) in [7, 11) is 0. The summed E-state index contributed by atoms with van der Waals surface area (Å²) in [5.74, 6) is 0.626. The molecule has 0 unspecified atom stereocenters. The van der Waals surface area contributed by atoms with Crippen molar-refractivity contribution in [1.82, 2.24) is 4.40 Å². The van der Waals surface area contributed by atoms with Crippen LogP contribution in [0, 0.1) is 10.8 Å². The highest BCUT2D eigenvalue weighted by atomic mass is 16.1. The molecule has 13 rings (SSSR count). The topological polar surface area (TPSA) is 38.5 Å². The van der Waals surface area contributed by atoms with E-state index in [1.165, 1.54) is 60.1 Å². The van der Waals surface area contributed by atoms with E-state index in [1.807, 2.05) is 0 Å². The van der Waals surface area contributed by atoms with Gasteiger partial charge in [-0.1, -0.05) is 76.2 Å². The van der Waals surface area contributed by atoms with Gasteiger partial charge in [-0.25, -0.2) is 0 Å². The summed E-state index contributed by atoms with van der Waals surface area (Å²) in [6, 6.07) is 29.2. The molecule has 2 fully saturated rings. The van der Waals surface area contributed by atoms with Crippen molar-refractivity contribution in [3.05, 3.63) is 101 Å². The van der Waals surface area contributed by atoms with Crippen LogP contribution in [0.25, 0.3) is 60.0 Å². The van der Waals surface area contributed by atoms with Gasteiger partial charge in [0.15, 0.2) is 11.6 Å². The smallest absolute Gasteiger partial charge is 0.169 e. The van der Waals surface area contributed by atoms with E-state index in [0.717, 1.165) is 73.5 Å². The zero-order valence-electron chi connectivity index (χ0n) is 28.9. The van der Waals surface area contributed by atoms with Crippen LogP contribution in [0.5, 0.6) is 0 Å². The van der Waals surface area contributed by atoms with E-state index in [-0.39, 0.29) is 21.7 Å². The number of hydrogen-bond donors (Lipinski definition) is 0. The molecule has 2 heterocycles. The average Bonchev–Trinajstić information content (AvgIpc) is 3.54. The van der Waals surface area contributed by atoms with Gasteiger partial charge in [0.05, 0.1) is 16.6 Å². The molecule has 242 valence electrons. The maximum atomic E-state index is 14.5. The number of ketones is 2. The zero-order chi connectivity index (χ0) is 33.2. The van der Waals surface area contributed by atoms with Crippen LogP contribution in [0.1, 0.15) is 111 Å². The summed E-state index contributed by atoms with van der Waals surface area (Å²) < 4.78 is 2.43. The fourth-order valence-corrected chi connectivity index (χ4v) is 11.1. The normalized spacial score (nSPS) is 29.4. The molecule has 3 heteroatoms. The molecule has 49 heavy (non-hydrogen) atoms. The summed E-state index contributed by atoms with van der Waals surface area (Å²) in [5.41, 5.74) is 9.53. The van der Waals surface area contributed by atoms with Gasteiger partial charge in [0, 0.05) is 43.5 Å². The van der Waals surface area contributed by atoms with E-state index in [9.17, 15) is 9.59 Å². The molecule has 3 nitrogen and oxygen atoms in total. The molecule has 5 aromatic carbocycles. The molecule has 7 aromatic rings. The van der Waals surface area contributed by atoms with Crippen LogP contribution < -0.4 is 0 Å². The van der Waals surface area contributed by atoms with Gasteiger partial charge in [-0.15, -0.1) is 0 Å². The zero-order valence-corrected chi connectivity index (χ0v) is 28.9. The first kappa shape index (κ1) is 28.3. The Morgan fingerprint density at radius 3 is 1.59 bits per heavy atom. The molecular weight excluding hydrogens is 599 g/mol. The first-order valence-corrected chi connectivity index (χ1v) is 18.4. The standard InChI is InChI=1S/C46H41NO2/c1-43-13-17-45(3,18-14-43)41(48)32-24-37-30(22-35(32)43)31-21-29-27(26-9-6-5-7-10-26)11-8-12-28(29)39-34-23-36-33(25-38(34)47(37)40(31)39)42(49)46(4)19-15-44(36,2)16-20-46/h5-12,21-25H,13-20H2,1-4H3. The van der Waals surface area contributed by atoms with Crippen LogP contribution >= 0.6 is 0 Å². The first-order chi connectivity index (χ1) is 23.5. The number of hydrogen-bond acceptors (Lipinski definition) is 2. The minimum Gasteiger partial charge on any atom is -0.308 e. The molecular formula is C46H41NO2. The highest BCUT2D eigenvalue weighted by Gasteiger charge is 2.50. The Kier molecular flexibility index (Phi) is 5.09. The Morgan fingerprint density at radius 1 is 0.469 bits per heavy atom. The summed E-state index contributed by atoms with van der Waals surface area (Å²) in [6.07, 6.45) is 7.99. The van der Waals surface area contributed by atoms with Gasteiger partial charge in [-0.05, 0) is 126 Å². The van der Waals surface area contributed by atoms with Crippen molar-refractivity contribution in [3.8, 4) is 11.1 Å². The Labute approximate surface area is 286 Å². The number of rotatable bonds is 1. The van der Waals surface area contributed by atoms with Crippen molar-refractivity contribution in [2.75, 3.05) is 0 Å². The Bertz CT molecular complexity index is 2640. The number of carbonyl (C=O) groups is 2. The minimum atomic E-state index is -0.302. The van der Waals surface area contributed by atoms with Gasteiger partial charge < -0.3 is 4.40 Å². The Morgan fingerprint density at radius 2 is 1.00 bits per heavy atom. The van der Waals surface area contributed by atoms with Crippen LogP contribution in [-0.2, 0) is 10.8 Å². The van der Waals surface area contributed by atoms with E-state index in [2.05, 4.69) is 111 Å². The molecule has 2 aromatic heterocycles. The average molecular weight is 640 g/mol. The lowest BCUT2D eigenvalue weighted by molar-refractivity contribution is 0.0726. The molecule has 0 amide bonds. The van der Waals surface area contributed by atoms with E-state index in [1.54, 1.807) is 0 Å². The number of Topliss-reactive ketones (excluding diaryl/α,β-unsaturated/α-hetero) is 2. The molecule has 0 spiro atoms. The Balaban J connectivity index is 1.36. The predicted octanol–water partition coefficient (Wildman–Crippen LogP) is 11.7. The van der Waals surface area contributed by atoms with Crippen LogP contribution in [0.2, 0.25) is 0 Å². The van der Waals surface area contributed by atoms with Crippen molar-refractivity contribution in [1.29, 1.82) is 0 Å². The van der Waals surface area contributed by atoms with Gasteiger partial charge in [0.1, 0.15) is 0 Å². The predicted molar refractivity (Wildman–Crippen MR) is 201 cm³/mol. The molecule has 0 N–H and O–H groups in total. The number of carbonyl (C=O) groups excluding carboxylic acids is 2. The summed E-state index contributed by atoms with van der Waals surface area (Å²) in [5, 5.41) is 7.44. The van der Waals surface area contributed by atoms with Crippen molar-refractivity contribution >= 4 is 60.4 Å². The van der Waals surface area contributed by atoms with E-state index in [0.29, 0.717) is 11.6 Å². The summed E-state index contributed by atoms with van der Waals surface area (Å²) in [6.45, 7) is 9.18. The maximum absolute atomic E-state index is 14.5. The maximum Gasteiger partial charge on any atom is 0.169 e. The lowest BCUT2D eigenvalue weighted by Gasteiger charge is -2.38. The molecule has 6 aliphatic rings. The fourth-order valence-electron chi connectivity index (χ4n) is 11.1. The molecule has 0 aliphatic heterocycles. The summed E-state index contributed by atoms with van der Waals surface area (Å²) in [4.78, 5) is 28.9. The largest absolute Gasteiger partial charge is 0.308 e. The van der Waals surface area contributed by atoms with Crippen molar-refractivity contribution in [2.45, 2.75) is 89.9 Å². The van der Waals surface area contributed by atoms with Gasteiger partial charge in [-0.3, -0.25) is 9.59 Å². The first-order valence-electron chi connectivity index (χ1n) is 18.4. The molecule has 2 saturated carbocycles. The van der Waals surface area contributed by atoms with E-state index in [4.69, 9.17) is 0 Å². The van der Waals surface area contributed by atoms with Crippen LogP contribution in [0.3, 0.4) is 0 Å². The third kappa shape index (κ3) is 3.35. The lowest BCUT2D eigenvalue weighted by atomic mass is 9.65. The second kappa shape index (κ2) is 8.80. The SMILES string of the molecule is CC12CCC(C)(CC1)c1cc3c4cc5c(-c6ccccc6)cccc5c5c6cc7c(cc6n(c3cc1C2=O)c45)C(=O)C1(C)CCC7(C)CC1. The fraction of sp³-hybridized carbons (Fsp3) is 0.348. The van der Waals surface area contributed by atoms with Gasteiger partial charge in [0.25, 0.3) is 0 Å². The lowest BCUT2D eigenvalue weighted by Crippen LogP contribution is -2.33. The molecule has 6 aliphatic carbocycles. The number of benzene rings is 5. The van der Waals surface area contributed by atoms with E-state index < -0.39 is 0 Å². The molecule has 4 bridgehead atoms. The van der Waals surface area contributed by atoms with Crippen LogP contribution in [-0.4, -0.2) is 16.0 Å². The van der Waals surface area contributed by atoms with E-state index >= 15 is 0 Å². The van der Waals surface area contributed by atoms with Gasteiger partial charge >= 0.3 is 0 Å². The monoisotopic (exact) mass is 639 g/mol. The van der Waals surface area contributed by atoms with Gasteiger partial charge in [-0.2, -0.15) is 0 Å². The Hall–Kier alpha value is -4.50. The van der Waals surface area contributed by atoms with Crippen molar-refractivity contribution in [3.63, 3.8) is 0 Å². The highest BCUT2D eigenvalue weighted by molar-refractivity contribution is 6.33. The van der Waals surface area contributed by atoms with Gasteiger partial charge in [0.2, 0.25) is 0 Å². The highest BCUT2D eigenvalue weighted by Crippen LogP contribution is 2.57.